The highest BCUT2D eigenvalue weighted by Gasteiger charge is 2.17. The second-order valence-corrected chi connectivity index (χ2v) is 7.15. The normalized spacial score (nSPS) is 11.8. The van der Waals surface area contributed by atoms with Gasteiger partial charge in [0.05, 0.1) is 11.4 Å². The number of H-pyrrole nitrogens is 1. The van der Waals surface area contributed by atoms with Crippen molar-refractivity contribution in [3.63, 3.8) is 0 Å². The number of rotatable bonds is 7. The van der Waals surface area contributed by atoms with Gasteiger partial charge in [0, 0.05) is 25.0 Å². The summed E-state index contributed by atoms with van der Waals surface area (Å²) in [6.07, 6.45) is 9.93. The van der Waals surface area contributed by atoms with Gasteiger partial charge in [0.15, 0.2) is 0 Å². The van der Waals surface area contributed by atoms with E-state index in [9.17, 15) is 0 Å². The van der Waals surface area contributed by atoms with Gasteiger partial charge in [-0.15, -0.1) is 0 Å². The van der Waals surface area contributed by atoms with Crippen LogP contribution >= 0.6 is 0 Å². The van der Waals surface area contributed by atoms with Crippen molar-refractivity contribution in [2.45, 2.75) is 46.5 Å². The molecule has 3 rings (SSSR count). The second-order valence-electron chi connectivity index (χ2n) is 7.15. The third-order valence-electron chi connectivity index (χ3n) is 4.66. The smallest absolute Gasteiger partial charge is 0.106 e. The predicted molar refractivity (Wildman–Crippen MR) is 97.3 cm³/mol. The zero-order valence-electron chi connectivity index (χ0n) is 14.8. The Morgan fingerprint density at radius 2 is 1.92 bits per heavy atom. The van der Waals surface area contributed by atoms with Crippen LogP contribution in [0.25, 0.3) is 5.69 Å². The minimum Gasteiger partial charge on any atom is -0.348 e. The van der Waals surface area contributed by atoms with Crippen LogP contribution < -0.4 is 0 Å². The van der Waals surface area contributed by atoms with E-state index in [0.29, 0.717) is 5.41 Å². The molecule has 0 amide bonds. The fraction of sp³-hybridized carbons (Fsp3) is 0.400. The number of hydrogen-bond acceptors (Lipinski definition) is 2. The molecule has 0 radical (unpaired) electrons. The Morgan fingerprint density at radius 1 is 1.12 bits per heavy atom. The van der Waals surface area contributed by atoms with Crippen molar-refractivity contribution in [1.29, 1.82) is 0 Å². The number of nitrogens with zero attached hydrogens (tertiary/aromatic N) is 3. The number of nitrogens with one attached hydrogen (secondary N) is 1. The molecule has 0 aliphatic rings. The highest BCUT2D eigenvalue weighted by Crippen LogP contribution is 2.24. The van der Waals surface area contributed by atoms with Crippen LogP contribution in [0.15, 0.2) is 48.9 Å². The topological polar surface area (TPSA) is 46.5 Å². The number of aromatic amines is 1. The van der Waals surface area contributed by atoms with Gasteiger partial charge in [-0.1, -0.05) is 39.3 Å². The lowest BCUT2D eigenvalue weighted by Gasteiger charge is -2.20. The zero-order valence-corrected chi connectivity index (χ0v) is 14.8. The summed E-state index contributed by atoms with van der Waals surface area (Å²) in [6.45, 7) is 6.82. The highest BCUT2D eigenvalue weighted by atomic mass is 15.3. The molecule has 126 valence electrons. The molecule has 4 heteroatoms. The van der Waals surface area contributed by atoms with Crippen molar-refractivity contribution in [3.05, 3.63) is 66.0 Å². The summed E-state index contributed by atoms with van der Waals surface area (Å²) in [5.41, 5.74) is 3.89. The lowest BCUT2D eigenvalue weighted by molar-refractivity contribution is 0.346. The van der Waals surface area contributed by atoms with Crippen LogP contribution in [0, 0.1) is 5.41 Å². The minimum atomic E-state index is 0.314. The summed E-state index contributed by atoms with van der Waals surface area (Å²) in [4.78, 5) is 8.08. The molecule has 3 aromatic rings. The third kappa shape index (κ3) is 4.13. The summed E-state index contributed by atoms with van der Waals surface area (Å²) in [6, 6.07) is 10.5. The van der Waals surface area contributed by atoms with Gasteiger partial charge < -0.3 is 4.98 Å². The van der Waals surface area contributed by atoms with Crippen LogP contribution in [0.5, 0.6) is 0 Å². The maximum absolute atomic E-state index is 4.75. The molecule has 2 heterocycles. The molecule has 1 N–H and O–H groups in total. The lowest BCUT2D eigenvalue weighted by atomic mass is 9.85. The molecule has 0 spiro atoms. The molecule has 0 atom stereocenters. The second kappa shape index (κ2) is 7.04. The van der Waals surface area contributed by atoms with E-state index >= 15 is 0 Å². The maximum Gasteiger partial charge on any atom is 0.106 e. The van der Waals surface area contributed by atoms with Gasteiger partial charge in [-0.05, 0) is 42.0 Å². The SMILES string of the molecule is CCC(C)(C)Cc1c[nH]c(CCc2ccc(-n3cccn3)cc2)n1. The summed E-state index contributed by atoms with van der Waals surface area (Å²) >= 11 is 0. The van der Waals surface area contributed by atoms with Crippen molar-refractivity contribution in [2.75, 3.05) is 0 Å². The molecule has 0 bridgehead atoms. The standard InChI is InChI=1S/C20H26N4/c1-4-20(2,3)14-17-15-21-19(23-17)11-8-16-6-9-18(10-7-16)24-13-5-12-22-24/h5-7,9-10,12-13,15H,4,8,11,14H2,1-3H3,(H,21,23). The Bertz CT molecular complexity index is 751. The quantitative estimate of drug-likeness (QED) is 0.702. The van der Waals surface area contributed by atoms with Crippen molar-refractivity contribution in [2.24, 2.45) is 5.41 Å². The van der Waals surface area contributed by atoms with E-state index in [0.717, 1.165) is 37.2 Å². The predicted octanol–water partition coefficient (Wildman–Crippen LogP) is 4.36. The van der Waals surface area contributed by atoms with Gasteiger partial charge in [-0.2, -0.15) is 5.10 Å². The Hall–Kier alpha value is -2.36. The van der Waals surface area contributed by atoms with E-state index in [-0.39, 0.29) is 0 Å². The van der Waals surface area contributed by atoms with Crippen LogP contribution in [0.2, 0.25) is 0 Å². The maximum atomic E-state index is 4.75. The summed E-state index contributed by atoms with van der Waals surface area (Å²) in [7, 11) is 0. The largest absolute Gasteiger partial charge is 0.348 e. The molecular weight excluding hydrogens is 296 g/mol. The van der Waals surface area contributed by atoms with Gasteiger partial charge in [-0.25, -0.2) is 9.67 Å². The first-order valence-electron chi connectivity index (χ1n) is 8.68. The number of benzene rings is 1. The van der Waals surface area contributed by atoms with Gasteiger partial charge in [-0.3, -0.25) is 0 Å². The van der Waals surface area contributed by atoms with E-state index in [2.05, 4.69) is 61.3 Å². The van der Waals surface area contributed by atoms with Crippen LogP contribution in [-0.4, -0.2) is 19.7 Å². The number of aryl methyl sites for hydroxylation is 2. The van der Waals surface area contributed by atoms with Crippen LogP contribution in [-0.2, 0) is 19.3 Å². The first-order chi connectivity index (χ1) is 11.6. The Morgan fingerprint density at radius 3 is 2.58 bits per heavy atom. The fourth-order valence-electron chi connectivity index (χ4n) is 2.74. The van der Waals surface area contributed by atoms with Crippen molar-refractivity contribution < 1.29 is 0 Å². The van der Waals surface area contributed by atoms with Crippen molar-refractivity contribution >= 4 is 0 Å². The van der Waals surface area contributed by atoms with Gasteiger partial charge in [0.2, 0.25) is 0 Å². The van der Waals surface area contributed by atoms with Crippen molar-refractivity contribution in [3.8, 4) is 5.69 Å². The molecule has 2 aromatic heterocycles. The molecule has 0 unspecified atom stereocenters. The molecule has 0 saturated carbocycles. The van der Waals surface area contributed by atoms with Crippen LogP contribution in [0.1, 0.15) is 44.3 Å². The van der Waals surface area contributed by atoms with E-state index < -0.39 is 0 Å². The summed E-state index contributed by atoms with van der Waals surface area (Å²) in [5, 5.41) is 4.25. The molecule has 1 aromatic carbocycles. The lowest BCUT2D eigenvalue weighted by Crippen LogP contribution is -2.13. The first-order valence-corrected chi connectivity index (χ1v) is 8.68. The van der Waals surface area contributed by atoms with Crippen LogP contribution in [0.3, 0.4) is 0 Å². The van der Waals surface area contributed by atoms with Gasteiger partial charge >= 0.3 is 0 Å². The molecule has 0 aliphatic heterocycles. The van der Waals surface area contributed by atoms with E-state index in [1.807, 2.05) is 16.9 Å². The molecule has 0 saturated heterocycles. The Balaban J connectivity index is 1.57. The highest BCUT2D eigenvalue weighted by molar-refractivity contribution is 5.33. The average Bonchev–Trinajstić information content (AvgIpc) is 3.25. The van der Waals surface area contributed by atoms with Gasteiger partial charge in [0.1, 0.15) is 5.82 Å². The summed E-state index contributed by atoms with van der Waals surface area (Å²) in [5.74, 6) is 1.08. The van der Waals surface area contributed by atoms with E-state index in [1.54, 1.807) is 6.20 Å². The number of hydrogen-bond donors (Lipinski definition) is 1. The molecular formula is C20H26N4. The first kappa shape index (κ1) is 16.5. The molecule has 0 fully saturated rings. The van der Waals surface area contributed by atoms with Crippen LogP contribution in [0.4, 0.5) is 0 Å². The molecule has 0 aliphatic carbocycles. The fourth-order valence-corrected chi connectivity index (χ4v) is 2.74. The van der Waals surface area contributed by atoms with Gasteiger partial charge in [0.25, 0.3) is 0 Å². The van der Waals surface area contributed by atoms with E-state index in [4.69, 9.17) is 4.98 Å². The molecule has 4 nitrogen and oxygen atoms in total. The third-order valence-corrected chi connectivity index (χ3v) is 4.66. The Labute approximate surface area is 144 Å². The number of imidazole rings is 1. The zero-order chi connectivity index (χ0) is 17.0. The minimum absolute atomic E-state index is 0.314. The summed E-state index contributed by atoms with van der Waals surface area (Å²) < 4.78 is 1.87. The average molecular weight is 322 g/mol. The van der Waals surface area contributed by atoms with Crippen molar-refractivity contribution in [1.82, 2.24) is 19.7 Å². The molecule has 24 heavy (non-hydrogen) atoms. The Kier molecular flexibility index (Phi) is 4.84. The monoisotopic (exact) mass is 322 g/mol. The van der Waals surface area contributed by atoms with E-state index in [1.165, 1.54) is 11.3 Å². The number of aromatic nitrogens is 4.